The summed E-state index contributed by atoms with van der Waals surface area (Å²) in [6, 6.07) is 2.94. The predicted octanol–water partition coefficient (Wildman–Crippen LogP) is 1.48. The summed E-state index contributed by atoms with van der Waals surface area (Å²) in [5.74, 6) is 0.217. The van der Waals surface area contributed by atoms with Crippen LogP contribution in [-0.4, -0.2) is 22.0 Å². The maximum atomic E-state index is 10.6. The van der Waals surface area contributed by atoms with Crippen molar-refractivity contribution in [2.75, 3.05) is 7.11 Å². The number of fused-ring (bicyclic) bond motifs is 1. The van der Waals surface area contributed by atoms with Crippen molar-refractivity contribution in [1.82, 2.24) is 9.97 Å². The number of H-pyrrole nitrogens is 1. The molecule has 1 heterocycles. The Morgan fingerprint density at radius 1 is 1.57 bits per heavy atom. The van der Waals surface area contributed by atoms with Crippen molar-refractivity contribution in [2.45, 2.75) is 0 Å². The van der Waals surface area contributed by atoms with Gasteiger partial charge in [0.2, 0.25) is 0 Å². The lowest BCUT2D eigenvalue weighted by Gasteiger charge is -2.00. The summed E-state index contributed by atoms with van der Waals surface area (Å²) in [6.07, 6.45) is 1.48. The Labute approximate surface area is 78.7 Å². The van der Waals surface area contributed by atoms with Crippen LogP contribution in [0.4, 0.5) is 5.69 Å². The van der Waals surface area contributed by atoms with Crippen molar-refractivity contribution >= 4 is 16.7 Å². The number of hydrogen-bond donors (Lipinski definition) is 1. The molecule has 0 aliphatic carbocycles. The zero-order valence-electron chi connectivity index (χ0n) is 7.35. The summed E-state index contributed by atoms with van der Waals surface area (Å²) in [5.41, 5.74) is 1.20. The van der Waals surface area contributed by atoms with E-state index in [0.717, 1.165) is 0 Å². The SMILES string of the molecule is COc1cc2nc[nH]c2cc1[N+](=O)[O-]. The molecule has 0 fully saturated rings. The number of rotatable bonds is 2. The van der Waals surface area contributed by atoms with Crippen LogP contribution in [0.2, 0.25) is 0 Å². The van der Waals surface area contributed by atoms with E-state index in [1.165, 1.54) is 25.6 Å². The van der Waals surface area contributed by atoms with Crippen molar-refractivity contribution in [2.24, 2.45) is 0 Å². The molecular formula is C8H7N3O3. The highest BCUT2D eigenvalue weighted by Crippen LogP contribution is 2.30. The van der Waals surface area contributed by atoms with E-state index in [1.807, 2.05) is 0 Å². The predicted molar refractivity (Wildman–Crippen MR) is 49.3 cm³/mol. The molecule has 2 aromatic rings. The molecule has 0 bridgehead atoms. The minimum absolute atomic E-state index is 0.0655. The lowest BCUT2D eigenvalue weighted by Crippen LogP contribution is -1.93. The van der Waals surface area contributed by atoms with Crippen LogP contribution in [0.25, 0.3) is 11.0 Å². The smallest absolute Gasteiger partial charge is 0.313 e. The highest BCUT2D eigenvalue weighted by Gasteiger charge is 2.16. The Hall–Kier alpha value is -2.11. The van der Waals surface area contributed by atoms with Gasteiger partial charge in [0.05, 0.1) is 29.4 Å². The van der Waals surface area contributed by atoms with Crippen molar-refractivity contribution in [3.8, 4) is 5.75 Å². The Morgan fingerprint density at radius 2 is 2.36 bits per heavy atom. The number of nitrogens with one attached hydrogen (secondary N) is 1. The lowest BCUT2D eigenvalue weighted by atomic mass is 10.2. The number of nitro groups is 1. The Balaban J connectivity index is 2.72. The lowest BCUT2D eigenvalue weighted by molar-refractivity contribution is -0.385. The summed E-state index contributed by atoms with van der Waals surface area (Å²) >= 11 is 0. The van der Waals surface area contributed by atoms with Crippen LogP contribution in [0.5, 0.6) is 5.75 Å². The first-order chi connectivity index (χ1) is 6.72. The quantitative estimate of drug-likeness (QED) is 0.578. The molecule has 1 aromatic carbocycles. The van der Waals surface area contributed by atoms with Gasteiger partial charge in [0.1, 0.15) is 0 Å². The average molecular weight is 193 g/mol. The molecule has 6 heteroatoms. The maximum absolute atomic E-state index is 10.6. The molecule has 2 rings (SSSR count). The second-order valence-electron chi connectivity index (χ2n) is 2.70. The number of nitro benzene ring substituents is 1. The van der Waals surface area contributed by atoms with Gasteiger partial charge < -0.3 is 9.72 Å². The summed E-state index contributed by atoms with van der Waals surface area (Å²) in [5, 5.41) is 10.6. The average Bonchev–Trinajstić information content (AvgIpc) is 2.62. The number of methoxy groups -OCH3 is 1. The molecule has 0 saturated heterocycles. The molecule has 0 spiro atoms. The molecular weight excluding hydrogens is 186 g/mol. The van der Waals surface area contributed by atoms with Gasteiger partial charge >= 0.3 is 5.69 Å². The van der Waals surface area contributed by atoms with E-state index < -0.39 is 4.92 Å². The third-order valence-corrected chi connectivity index (χ3v) is 1.92. The standard InChI is InChI=1S/C8H7N3O3/c1-14-8-3-6-5(9-4-10-6)2-7(8)11(12)13/h2-4H,1H3,(H,9,10). The van der Waals surface area contributed by atoms with Gasteiger partial charge in [0, 0.05) is 12.1 Å². The largest absolute Gasteiger partial charge is 0.490 e. The van der Waals surface area contributed by atoms with Crippen LogP contribution in [-0.2, 0) is 0 Å². The zero-order chi connectivity index (χ0) is 10.1. The molecule has 0 aliphatic heterocycles. The van der Waals surface area contributed by atoms with Gasteiger partial charge in [0.15, 0.2) is 5.75 Å². The van der Waals surface area contributed by atoms with Crippen molar-refractivity contribution in [1.29, 1.82) is 0 Å². The molecule has 14 heavy (non-hydrogen) atoms. The summed E-state index contributed by atoms with van der Waals surface area (Å²) in [7, 11) is 1.39. The third-order valence-electron chi connectivity index (χ3n) is 1.92. The first-order valence-corrected chi connectivity index (χ1v) is 3.88. The minimum atomic E-state index is -0.487. The summed E-state index contributed by atoms with van der Waals surface area (Å²) in [4.78, 5) is 16.9. The number of aromatic nitrogens is 2. The first kappa shape index (κ1) is 8.49. The van der Waals surface area contributed by atoms with Gasteiger partial charge in [-0.2, -0.15) is 0 Å². The van der Waals surface area contributed by atoms with Gasteiger partial charge in [-0.3, -0.25) is 10.1 Å². The van der Waals surface area contributed by atoms with Crippen LogP contribution < -0.4 is 4.74 Å². The normalized spacial score (nSPS) is 10.4. The van der Waals surface area contributed by atoms with E-state index in [2.05, 4.69) is 9.97 Å². The van der Waals surface area contributed by atoms with E-state index >= 15 is 0 Å². The molecule has 72 valence electrons. The van der Waals surface area contributed by atoms with Crippen LogP contribution in [0.3, 0.4) is 0 Å². The van der Waals surface area contributed by atoms with Gasteiger partial charge in [-0.15, -0.1) is 0 Å². The maximum Gasteiger partial charge on any atom is 0.313 e. The van der Waals surface area contributed by atoms with E-state index in [9.17, 15) is 10.1 Å². The van der Waals surface area contributed by atoms with Gasteiger partial charge in [0.25, 0.3) is 0 Å². The highest BCUT2D eigenvalue weighted by molar-refractivity contribution is 5.80. The van der Waals surface area contributed by atoms with Gasteiger partial charge in [-0.05, 0) is 0 Å². The molecule has 0 unspecified atom stereocenters. The van der Waals surface area contributed by atoms with Crippen LogP contribution in [0, 0.1) is 10.1 Å². The van der Waals surface area contributed by atoms with Gasteiger partial charge in [-0.1, -0.05) is 0 Å². The summed E-state index contributed by atoms with van der Waals surface area (Å²) in [6.45, 7) is 0. The van der Waals surface area contributed by atoms with E-state index in [-0.39, 0.29) is 11.4 Å². The monoisotopic (exact) mass is 193 g/mol. The zero-order valence-corrected chi connectivity index (χ0v) is 7.35. The Morgan fingerprint density at radius 3 is 3.00 bits per heavy atom. The molecule has 0 saturated carbocycles. The van der Waals surface area contributed by atoms with Crippen molar-refractivity contribution in [3.63, 3.8) is 0 Å². The molecule has 0 atom stereocenters. The Bertz CT molecular complexity index is 492. The second-order valence-corrected chi connectivity index (χ2v) is 2.70. The number of nitrogens with zero attached hydrogens (tertiary/aromatic N) is 2. The van der Waals surface area contributed by atoms with Crippen LogP contribution >= 0.6 is 0 Å². The topological polar surface area (TPSA) is 81.0 Å². The third kappa shape index (κ3) is 1.17. The number of ether oxygens (including phenoxy) is 1. The molecule has 0 amide bonds. The first-order valence-electron chi connectivity index (χ1n) is 3.88. The van der Waals surface area contributed by atoms with E-state index in [0.29, 0.717) is 11.0 Å². The van der Waals surface area contributed by atoms with E-state index in [4.69, 9.17) is 4.74 Å². The number of imidazole rings is 1. The van der Waals surface area contributed by atoms with Crippen molar-refractivity contribution in [3.05, 3.63) is 28.6 Å². The van der Waals surface area contributed by atoms with Crippen molar-refractivity contribution < 1.29 is 9.66 Å². The Kier molecular flexibility index (Phi) is 1.81. The van der Waals surface area contributed by atoms with Gasteiger partial charge in [-0.25, -0.2) is 4.98 Å². The fourth-order valence-electron chi connectivity index (χ4n) is 1.26. The number of aromatic amines is 1. The fraction of sp³-hybridized carbons (Fsp3) is 0.125. The highest BCUT2D eigenvalue weighted by atomic mass is 16.6. The van der Waals surface area contributed by atoms with E-state index in [1.54, 1.807) is 0 Å². The van der Waals surface area contributed by atoms with Crippen LogP contribution in [0.1, 0.15) is 0 Å². The number of benzene rings is 1. The molecule has 0 radical (unpaired) electrons. The fourth-order valence-corrected chi connectivity index (χ4v) is 1.26. The number of hydrogen-bond acceptors (Lipinski definition) is 4. The second kappa shape index (κ2) is 2.99. The summed E-state index contributed by atoms with van der Waals surface area (Å²) < 4.78 is 4.89. The molecule has 1 N–H and O–H groups in total. The minimum Gasteiger partial charge on any atom is -0.490 e. The molecule has 6 nitrogen and oxygen atoms in total. The molecule has 1 aromatic heterocycles. The molecule has 0 aliphatic rings. The van der Waals surface area contributed by atoms with Crippen LogP contribution in [0.15, 0.2) is 18.5 Å².